The minimum atomic E-state index is -0.0619. The molecule has 22 heavy (non-hydrogen) atoms. The Balaban J connectivity index is 1.67. The van der Waals surface area contributed by atoms with Crippen LogP contribution in [0.2, 0.25) is 0 Å². The van der Waals surface area contributed by atoms with Gasteiger partial charge >= 0.3 is 0 Å². The van der Waals surface area contributed by atoms with Crippen LogP contribution in [-0.2, 0) is 4.79 Å². The lowest BCUT2D eigenvalue weighted by atomic mass is 9.97. The monoisotopic (exact) mass is 300 g/mol. The average Bonchev–Trinajstić information content (AvgIpc) is 2.53. The van der Waals surface area contributed by atoms with Gasteiger partial charge in [0.05, 0.1) is 6.54 Å². The van der Waals surface area contributed by atoms with Gasteiger partial charge in [0.15, 0.2) is 5.78 Å². The third-order valence-corrected chi connectivity index (χ3v) is 3.87. The van der Waals surface area contributed by atoms with Crippen molar-refractivity contribution in [2.75, 3.05) is 18.4 Å². The quantitative estimate of drug-likeness (QED) is 0.461. The zero-order valence-electron chi connectivity index (χ0n) is 13.2. The third-order valence-electron chi connectivity index (χ3n) is 3.87. The van der Waals surface area contributed by atoms with Crippen LogP contribution in [0.1, 0.15) is 49.4 Å². The molecule has 0 aromatic heterocycles. The summed E-state index contributed by atoms with van der Waals surface area (Å²) in [5.41, 5.74) is 2.88. The molecule has 4 heteroatoms. The molecule has 0 radical (unpaired) electrons. The second-order valence-corrected chi connectivity index (χ2v) is 5.72. The zero-order valence-corrected chi connectivity index (χ0v) is 13.2. The van der Waals surface area contributed by atoms with Crippen LogP contribution in [0.5, 0.6) is 0 Å². The fourth-order valence-electron chi connectivity index (χ4n) is 2.58. The summed E-state index contributed by atoms with van der Waals surface area (Å²) in [5.74, 6) is -0.0373. The van der Waals surface area contributed by atoms with Crippen molar-refractivity contribution in [3.8, 4) is 0 Å². The molecule has 0 saturated heterocycles. The molecule has 1 aliphatic carbocycles. The Morgan fingerprint density at radius 3 is 2.55 bits per heavy atom. The van der Waals surface area contributed by atoms with Crippen molar-refractivity contribution in [2.24, 2.45) is 0 Å². The van der Waals surface area contributed by atoms with Gasteiger partial charge in [-0.05, 0) is 69.8 Å². The van der Waals surface area contributed by atoms with E-state index in [1.165, 1.54) is 38.2 Å². The van der Waals surface area contributed by atoms with Crippen molar-refractivity contribution in [1.29, 1.82) is 0 Å². The first kappa shape index (κ1) is 16.4. The Morgan fingerprint density at radius 1 is 1.14 bits per heavy atom. The second-order valence-electron chi connectivity index (χ2n) is 5.72. The highest BCUT2D eigenvalue weighted by Crippen LogP contribution is 2.19. The van der Waals surface area contributed by atoms with Crippen molar-refractivity contribution in [3.05, 3.63) is 41.5 Å². The molecule has 1 amide bonds. The number of hydrogen-bond acceptors (Lipinski definition) is 3. The number of benzene rings is 1. The molecule has 4 nitrogen and oxygen atoms in total. The van der Waals surface area contributed by atoms with Crippen LogP contribution in [0.4, 0.5) is 5.69 Å². The van der Waals surface area contributed by atoms with Crippen LogP contribution in [0.15, 0.2) is 35.9 Å². The van der Waals surface area contributed by atoms with E-state index in [2.05, 4.69) is 16.7 Å². The summed E-state index contributed by atoms with van der Waals surface area (Å²) >= 11 is 0. The number of nitrogens with one attached hydrogen (secondary N) is 2. The molecule has 0 spiro atoms. The van der Waals surface area contributed by atoms with Crippen LogP contribution in [0.3, 0.4) is 0 Å². The van der Waals surface area contributed by atoms with Crippen LogP contribution in [0, 0.1) is 0 Å². The molecule has 0 bridgehead atoms. The van der Waals surface area contributed by atoms with Gasteiger partial charge in [-0.3, -0.25) is 9.59 Å². The predicted molar refractivity (Wildman–Crippen MR) is 89.1 cm³/mol. The Kier molecular flexibility index (Phi) is 6.34. The summed E-state index contributed by atoms with van der Waals surface area (Å²) in [4.78, 5) is 23.0. The Morgan fingerprint density at radius 2 is 1.91 bits per heavy atom. The number of carbonyl (C=O) groups excluding carboxylic acids is 2. The number of anilines is 1. The smallest absolute Gasteiger partial charge is 0.238 e. The van der Waals surface area contributed by atoms with E-state index >= 15 is 0 Å². The Hall–Kier alpha value is -1.94. The molecule has 0 aliphatic heterocycles. The lowest BCUT2D eigenvalue weighted by Crippen LogP contribution is -2.29. The van der Waals surface area contributed by atoms with E-state index in [4.69, 9.17) is 0 Å². The second kappa shape index (κ2) is 8.49. The van der Waals surface area contributed by atoms with Gasteiger partial charge in [-0.1, -0.05) is 11.6 Å². The van der Waals surface area contributed by atoms with Crippen molar-refractivity contribution in [1.82, 2.24) is 5.32 Å². The van der Waals surface area contributed by atoms with Gasteiger partial charge in [-0.2, -0.15) is 0 Å². The van der Waals surface area contributed by atoms with Gasteiger partial charge in [0.25, 0.3) is 0 Å². The number of Topliss-reactive ketones (excluding diaryl/α,β-unsaturated/α-hetero) is 1. The van der Waals surface area contributed by atoms with Gasteiger partial charge < -0.3 is 10.6 Å². The summed E-state index contributed by atoms with van der Waals surface area (Å²) < 4.78 is 0. The topological polar surface area (TPSA) is 58.2 Å². The van der Waals surface area contributed by atoms with Gasteiger partial charge in [-0.15, -0.1) is 0 Å². The van der Waals surface area contributed by atoms with Crippen molar-refractivity contribution >= 4 is 17.4 Å². The highest BCUT2D eigenvalue weighted by atomic mass is 16.2. The molecule has 0 unspecified atom stereocenters. The first-order valence-electron chi connectivity index (χ1n) is 7.94. The number of ketones is 1. The molecule has 1 aromatic carbocycles. The molecule has 0 heterocycles. The molecule has 1 aromatic rings. The van der Waals surface area contributed by atoms with Crippen LogP contribution < -0.4 is 10.6 Å². The van der Waals surface area contributed by atoms with Gasteiger partial charge in [0.2, 0.25) is 5.91 Å². The van der Waals surface area contributed by atoms with E-state index in [-0.39, 0.29) is 11.7 Å². The molecular weight excluding hydrogens is 276 g/mol. The predicted octanol–water partition coefficient (Wildman–Crippen LogP) is 3.31. The number of allylic oxidation sites excluding steroid dienone is 1. The average molecular weight is 300 g/mol. The summed E-state index contributed by atoms with van der Waals surface area (Å²) in [7, 11) is 0. The van der Waals surface area contributed by atoms with Crippen molar-refractivity contribution in [3.63, 3.8) is 0 Å². The van der Waals surface area contributed by atoms with E-state index in [0.717, 1.165) is 13.0 Å². The normalized spacial score (nSPS) is 14.3. The van der Waals surface area contributed by atoms with Crippen LogP contribution >= 0.6 is 0 Å². The van der Waals surface area contributed by atoms with E-state index in [0.29, 0.717) is 17.8 Å². The maximum atomic E-state index is 11.8. The molecule has 2 rings (SSSR count). The fourth-order valence-corrected chi connectivity index (χ4v) is 2.58. The number of rotatable bonds is 7. The fraction of sp³-hybridized carbons (Fsp3) is 0.444. The lowest BCUT2D eigenvalue weighted by molar-refractivity contribution is -0.115. The van der Waals surface area contributed by atoms with Crippen LogP contribution in [0.25, 0.3) is 0 Å². The van der Waals surface area contributed by atoms with Crippen molar-refractivity contribution in [2.45, 2.75) is 39.0 Å². The van der Waals surface area contributed by atoms with Gasteiger partial charge in [0, 0.05) is 11.3 Å². The maximum absolute atomic E-state index is 11.8. The SMILES string of the molecule is CC(=O)c1ccc(NC(=O)CNCCC2=CCCCC2)cc1. The van der Waals surface area contributed by atoms with E-state index < -0.39 is 0 Å². The zero-order chi connectivity index (χ0) is 15.8. The summed E-state index contributed by atoms with van der Waals surface area (Å²) in [6.45, 7) is 2.67. The lowest BCUT2D eigenvalue weighted by Gasteiger charge is -2.13. The first-order chi connectivity index (χ1) is 10.6. The van der Waals surface area contributed by atoms with E-state index in [1.807, 2.05) is 0 Å². The summed E-state index contributed by atoms with van der Waals surface area (Å²) in [6.07, 6.45) is 8.37. The summed E-state index contributed by atoms with van der Waals surface area (Å²) in [5, 5.41) is 5.99. The summed E-state index contributed by atoms with van der Waals surface area (Å²) in [6, 6.07) is 6.95. The molecule has 118 valence electrons. The molecule has 2 N–H and O–H groups in total. The van der Waals surface area contributed by atoms with Gasteiger partial charge in [-0.25, -0.2) is 0 Å². The number of amides is 1. The van der Waals surface area contributed by atoms with E-state index in [1.54, 1.807) is 24.3 Å². The minimum absolute atomic E-state index is 0.0246. The molecule has 0 atom stereocenters. The molecular formula is C18H24N2O2. The minimum Gasteiger partial charge on any atom is -0.325 e. The van der Waals surface area contributed by atoms with Crippen LogP contribution in [-0.4, -0.2) is 24.8 Å². The Bertz CT molecular complexity index is 547. The molecule has 0 fully saturated rings. The largest absolute Gasteiger partial charge is 0.325 e. The highest BCUT2D eigenvalue weighted by molar-refractivity contribution is 5.96. The Labute approximate surface area is 132 Å². The number of hydrogen-bond donors (Lipinski definition) is 2. The van der Waals surface area contributed by atoms with E-state index in [9.17, 15) is 9.59 Å². The highest BCUT2D eigenvalue weighted by Gasteiger charge is 2.05. The van der Waals surface area contributed by atoms with Crippen molar-refractivity contribution < 1.29 is 9.59 Å². The number of carbonyl (C=O) groups is 2. The molecule has 0 saturated carbocycles. The molecule has 1 aliphatic rings. The maximum Gasteiger partial charge on any atom is 0.238 e. The third kappa shape index (κ3) is 5.45. The van der Waals surface area contributed by atoms with Gasteiger partial charge in [0.1, 0.15) is 0 Å². The first-order valence-corrected chi connectivity index (χ1v) is 7.94. The standard InChI is InChI=1S/C18H24N2O2/c1-14(21)16-7-9-17(10-8-16)20-18(22)13-19-12-11-15-5-3-2-4-6-15/h5,7-10,19H,2-4,6,11-13H2,1H3,(H,20,22).